The fraction of sp³-hybridized carbons (Fsp3) is 0.545. The number of carbonyl (C=O) groups is 3. The lowest BCUT2D eigenvalue weighted by molar-refractivity contribution is -0.176. The molecule has 0 spiro atoms. The van der Waals surface area contributed by atoms with Crippen molar-refractivity contribution in [2.45, 2.75) is 32.3 Å². The highest BCUT2D eigenvalue weighted by Crippen LogP contribution is 2.26. The largest absolute Gasteiger partial charge is 0.463 e. The maximum absolute atomic E-state index is 11.7. The summed E-state index contributed by atoms with van der Waals surface area (Å²) in [4.78, 5) is 33.7. The van der Waals surface area contributed by atoms with Crippen molar-refractivity contribution in [1.82, 2.24) is 0 Å². The van der Waals surface area contributed by atoms with E-state index >= 15 is 0 Å². The van der Waals surface area contributed by atoms with Gasteiger partial charge in [0.2, 0.25) is 5.60 Å². The van der Waals surface area contributed by atoms with Crippen LogP contribution in [-0.4, -0.2) is 29.9 Å². The van der Waals surface area contributed by atoms with Crippen molar-refractivity contribution in [1.29, 1.82) is 0 Å². The van der Waals surface area contributed by atoms with Gasteiger partial charge in [-0.3, -0.25) is 9.59 Å². The summed E-state index contributed by atoms with van der Waals surface area (Å²) in [5.41, 5.74) is -1.42. The minimum Gasteiger partial charge on any atom is -0.463 e. The third-order valence-corrected chi connectivity index (χ3v) is 2.23. The molecule has 5 heteroatoms. The Kier molecular flexibility index (Phi) is 3.82. The molecule has 5 nitrogen and oxygen atoms in total. The van der Waals surface area contributed by atoms with Crippen molar-refractivity contribution in [2.75, 3.05) is 6.61 Å². The summed E-state index contributed by atoms with van der Waals surface area (Å²) in [6, 6.07) is 0. The van der Waals surface area contributed by atoms with Gasteiger partial charge >= 0.3 is 11.9 Å². The number of ketones is 1. The van der Waals surface area contributed by atoms with E-state index in [2.05, 4.69) is 0 Å². The summed E-state index contributed by atoms with van der Waals surface area (Å²) in [7, 11) is 0. The topological polar surface area (TPSA) is 69.7 Å². The van der Waals surface area contributed by atoms with Crippen molar-refractivity contribution >= 4 is 17.7 Å². The van der Waals surface area contributed by atoms with Gasteiger partial charge in [-0.2, -0.15) is 0 Å². The third kappa shape index (κ3) is 2.68. The zero-order valence-electron chi connectivity index (χ0n) is 9.32. The normalized spacial score (nSPS) is 24.0. The minimum absolute atomic E-state index is 0.0907. The molecule has 0 saturated heterocycles. The van der Waals surface area contributed by atoms with Crippen LogP contribution in [-0.2, 0) is 23.9 Å². The van der Waals surface area contributed by atoms with Crippen LogP contribution >= 0.6 is 0 Å². The van der Waals surface area contributed by atoms with Crippen LogP contribution in [0, 0.1) is 0 Å². The van der Waals surface area contributed by atoms with Gasteiger partial charge in [-0.15, -0.1) is 0 Å². The molecule has 0 bridgehead atoms. The summed E-state index contributed by atoms with van der Waals surface area (Å²) >= 11 is 0. The smallest absolute Gasteiger partial charge is 0.354 e. The number of ether oxygens (including phenoxy) is 2. The Morgan fingerprint density at radius 1 is 1.50 bits per heavy atom. The second-order valence-corrected chi connectivity index (χ2v) is 3.50. The highest BCUT2D eigenvalue weighted by Gasteiger charge is 2.43. The first kappa shape index (κ1) is 12.4. The zero-order valence-corrected chi connectivity index (χ0v) is 9.32. The van der Waals surface area contributed by atoms with Crippen LogP contribution in [0.15, 0.2) is 12.2 Å². The molecule has 0 saturated carbocycles. The quantitative estimate of drug-likeness (QED) is 0.665. The van der Waals surface area contributed by atoms with Gasteiger partial charge in [-0.25, -0.2) is 4.79 Å². The number of hydrogen-bond acceptors (Lipinski definition) is 5. The molecule has 0 N–H and O–H groups in total. The number of esters is 2. The number of rotatable bonds is 3. The van der Waals surface area contributed by atoms with E-state index in [4.69, 9.17) is 9.47 Å². The average Bonchev–Trinajstić information content (AvgIpc) is 2.21. The first-order valence-electron chi connectivity index (χ1n) is 5.09. The molecule has 1 aliphatic rings. The molecule has 0 heterocycles. The van der Waals surface area contributed by atoms with Gasteiger partial charge in [0.1, 0.15) is 0 Å². The molecular weight excluding hydrogens is 212 g/mol. The van der Waals surface area contributed by atoms with Crippen LogP contribution in [0.4, 0.5) is 0 Å². The lowest BCUT2D eigenvalue weighted by atomic mass is 9.90. The van der Waals surface area contributed by atoms with Crippen LogP contribution in [0.3, 0.4) is 0 Å². The molecule has 1 rings (SSSR count). The minimum atomic E-state index is -1.42. The highest BCUT2D eigenvalue weighted by atomic mass is 16.6. The summed E-state index contributed by atoms with van der Waals surface area (Å²) in [5.74, 6) is -1.30. The standard InChI is InChI=1S/C11H14O5/c1-3-15-10(14)11(16-8(2)12)6-4-9(13)5-7-11/h4,6H,3,5,7H2,1-2H3. The molecule has 1 aliphatic carbocycles. The fourth-order valence-electron chi connectivity index (χ4n) is 1.51. The summed E-state index contributed by atoms with van der Waals surface area (Å²) in [6.45, 7) is 3.08. The van der Waals surface area contributed by atoms with E-state index in [0.717, 1.165) is 0 Å². The molecular formula is C11H14O5. The van der Waals surface area contributed by atoms with E-state index in [1.54, 1.807) is 6.92 Å². The Hall–Kier alpha value is -1.65. The van der Waals surface area contributed by atoms with E-state index in [-0.39, 0.29) is 25.2 Å². The van der Waals surface area contributed by atoms with Gasteiger partial charge in [-0.05, 0) is 19.1 Å². The Morgan fingerprint density at radius 3 is 2.62 bits per heavy atom. The molecule has 0 fully saturated rings. The van der Waals surface area contributed by atoms with Crippen LogP contribution in [0.1, 0.15) is 26.7 Å². The molecule has 1 unspecified atom stereocenters. The van der Waals surface area contributed by atoms with E-state index in [1.807, 2.05) is 0 Å². The predicted molar refractivity (Wildman–Crippen MR) is 54.5 cm³/mol. The number of carbonyl (C=O) groups excluding carboxylic acids is 3. The maximum atomic E-state index is 11.7. The van der Waals surface area contributed by atoms with E-state index in [9.17, 15) is 14.4 Å². The van der Waals surface area contributed by atoms with Gasteiger partial charge in [0.05, 0.1) is 6.61 Å². The van der Waals surface area contributed by atoms with Crippen molar-refractivity contribution < 1.29 is 23.9 Å². The first-order valence-corrected chi connectivity index (χ1v) is 5.09. The lowest BCUT2D eigenvalue weighted by Crippen LogP contribution is -2.44. The van der Waals surface area contributed by atoms with Crippen LogP contribution in [0.5, 0.6) is 0 Å². The second kappa shape index (κ2) is 4.92. The van der Waals surface area contributed by atoms with Gasteiger partial charge in [-0.1, -0.05) is 0 Å². The van der Waals surface area contributed by atoms with E-state index in [0.29, 0.717) is 0 Å². The summed E-state index contributed by atoms with van der Waals surface area (Å²) in [6.07, 6.45) is 2.87. The SMILES string of the molecule is CCOC(=O)C1(OC(C)=O)C=CC(=O)CC1. The number of hydrogen-bond donors (Lipinski definition) is 0. The maximum Gasteiger partial charge on any atom is 0.354 e. The third-order valence-electron chi connectivity index (χ3n) is 2.23. The summed E-state index contributed by atoms with van der Waals surface area (Å²) in [5, 5.41) is 0. The Morgan fingerprint density at radius 2 is 2.19 bits per heavy atom. The molecule has 0 aromatic rings. The van der Waals surface area contributed by atoms with Gasteiger partial charge in [0.25, 0.3) is 0 Å². The van der Waals surface area contributed by atoms with E-state index in [1.165, 1.54) is 19.1 Å². The van der Waals surface area contributed by atoms with Gasteiger partial charge in [0.15, 0.2) is 5.78 Å². The van der Waals surface area contributed by atoms with Gasteiger partial charge in [0, 0.05) is 19.8 Å². The monoisotopic (exact) mass is 226 g/mol. The molecule has 1 atom stereocenters. The first-order chi connectivity index (χ1) is 7.50. The Labute approximate surface area is 93.4 Å². The Bertz CT molecular complexity index is 344. The zero-order chi connectivity index (χ0) is 12.2. The molecule has 0 amide bonds. The van der Waals surface area contributed by atoms with Gasteiger partial charge < -0.3 is 9.47 Å². The molecule has 0 radical (unpaired) electrons. The average molecular weight is 226 g/mol. The predicted octanol–water partition coefficient (Wildman–Crippen LogP) is 0.770. The van der Waals surface area contributed by atoms with Crippen molar-refractivity contribution in [3.05, 3.63) is 12.2 Å². The van der Waals surface area contributed by atoms with Crippen molar-refractivity contribution in [2.24, 2.45) is 0 Å². The van der Waals surface area contributed by atoms with Crippen LogP contribution < -0.4 is 0 Å². The van der Waals surface area contributed by atoms with Crippen LogP contribution in [0.25, 0.3) is 0 Å². The lowest BCUT2D eigenvalue weighted by Gasteiger charge is -2.29. The second-order valence-electron chi connectivity index (χ2n) is 3.50. The molecule has 0 aliphatic heterocycles. The van der Waals surface area contributed by atoms with Crippen LogP contribution in [0.2, 0.25) is 0 Å². The molecule has 0 aromatic heterocycles. The Balaban J connectivity index is 2.93. The van der Waals surface area contributed by atoms with E-state index < -0.39 is 17.5 Å². The molecule has 88 valence electrons. The van der Waals surface area contributed by atoms with Crippen molar-refractivity contribution in [3.63, 3.8) is 0 Å². The molecule has 0 aromatic carbocycles. The summed E-state index contributed by atoms with van der Waals surface area (Å²) < 4.78 is 9.83. The fourth-order valence-corrected chi connectivity index (χ4v) is 1.51. The number of allylic oxidation sites excluding steroid dienone is 1. The van der Waals surface area contributed by atoms with Crippen molar-refractivity contribution in [3.8, 4) is 0 Å². The highest BCUT2D eigenvalue weighted by molar-refractivity contribution is 5.95. The molecule has 16 heavy (non-hydrogen) atoms.